The first-order chi connectivity index (χ1) is 9.54. The maximum atomic E-state index is 12.3. The highest BCUT2D eigenvalue weighted by Crippen LogP contribution is 2.38. The fourth-order valence-corrected chi connectivity index (χ4v) is 2.90. The van der Waals surface area contributed by atoms with Crippen molar-refractivity contribution in [2.24, 2.45) is 5.92 Å². The highest BCUT2D eigenvalue weighted by atomic mass is 16.2. The molecule has 1 saturated carbocycles. The number of carbonyl (C=O) groups is 1. The van der Waals surface area contributed by atoms with E-state index < -0.39 is 0 Å². The fourth-order valence-electron chi connectivity index (χ4n) is 2.90. The second-order valence-corrected chi connectivity index (χ2v) is 6.57. The summed E-state index contributed by atoms with van der Waals surface area (Å²) in [5, 5.41) is 3.13. The number of rotatable bonds is 4. The molecule has 0 radical (unpaired) electrons. The van der Waals surface area contributed by atoms with Crippen LogP contribution in [0.3, 0.4) is 0 Å². The van der Waals surface area contributed by atoms with Crippen molar-refractivity contribution >= 4 is 5.91 Å². The SMILES string of the molecule is CC(C)N1C[C@@H](C)[C@H](NC(=O)c2ncc(C3CC3)[nH]2)C1.[HH].[HH]. The van der Waals surface area contributed by atoms with Gasteiger partial charge in [-0.2, -0.15) is 0 Å². The Hall–Kier alpha value is -1.36. The lowest BCUT2D eigenvalue weighted by molar-refractivity contribution is 0.0921. The third-order valence-corrected chi connectivity index (χ3v) is 4.52. The van der Waals surface area contributed by atoms with Crippen LogP contribution in [0.4, 0.5) is 0 Å². The molecule has 1 aliphatic carbocycles. The molecule has 1 aromatic rings. The summed E-state index contributed by atoms with van der Waals surface area (Å²) < 4.78 is 0. The summed E-state index contributed by atoms with van der Waals surface area (Å²) in [7, 11) is 0. The summed E-state index contributed by atoms with van der Waals surface area (Å²) >= 11 is 0. The van der Waals surface area contributed by atoms with Crippen LogP contribution in [0.15, 0.2) is 6.20 Å². The van der Waals surface area contributed by atoms with E-state index in [0.717, 1.165) is 18.8 Å². The number of imidazole rings is 1. The number of hydrogen-bond acceptors (Lipinski definition) is 3. The van der Waals surface area contributed by atoms with Crippen LogP contribution in [-0.4, -0.2) is 45.9 Å². The molecule has 2 atom stereocenters. The minimum Gasteiger partial charge on any atom is -0.345 e. The molecule has 2 aliphatic rings. The molecular weight excluding hydrogens is 252 g/mol. The van der Waals surface area contributed by atoms with E-state index >= 15 is 0 Å². The van der Waals surface area contributed by atoms with Gasteiger partial charge in [0.1, 0.15) is 0 Å². The number of carbonyl (C=O) groups excluding carboxylic acids is 1. The molecule has 5 heteroatoms. The Morgan fingerprint density at radius 3 is 2.85 bits per heavy atom. The predicted octanol–water partition coefficient (Wildman–Crippen LogP) is 2.24. The summed E-state index contributed by atoms with van der Waals surface area (Å²) in [5.74, 6) is 1.48. The fraction of sp³-hybridized carbons (Fsp3) is 0.733. The monoisotopic (exact) mass is 280 g/mol. The Labute approximate surface area is 123 Å². The van der Waals surface area contributed by atoms with Crippen LogP contribution in [0.1, 0.15) is 58.7 Å². The van der Waals surface area contributed by atoms with Gasteiger partial charge in [0.15, 0.2) is 5.82 Å². The number of aromatic amines is 1. The van der Waals surface area contributed by atoms with Crippen LogP contribution in [0.25, 0.3) is 0 Å². The van der Waals surface area contributed by atoms with Crippen LogP contribution >= 0.6 is 0 Å². The van der Waals surface area contributed by atoms with Crippen molar-refractivity contribution in [3.05, 3.63) is 17.7 Å². The van der Waals surface area contributed by atoms with Gasteiger partial charge < -0.3 is 10.3 Å². The molecule has 0 bridgehead atoms. The van der Waals surface area contributed by atoms with E-state index in [2.05, 4.69) is 41.0 Å². The van der Waals surface area contributed by atoms with Gasteiger partial charge >= 0.3 is 0 Å². The first-order valence-corrected chi connectivity index (χ1v) is 7.64. The molecule has 0 aromatic carbocycles. The smallest absolute Gasteiger partial charge is 0.287 e. The van der Waals surface area contributed by atoms with Gasteiger partial charge in [0.2, 0.25) is 0 Å². The summed E-state index contributed by atoms with van der Waals surface area (Å²) in [6.45, 7) is 8.58. The van der Waals surface area contributed by atoms with Crippen LogP contribution in [0.5, 0.6) is 0 Å². The molecule has 1 amide bonds. The zero-order valence-corrected chi connectivity index (χ0v) is 12.5. The number of H-pyrrole nitrogens is 1. The standard InChI is InChI=1S/C15H24N4O.2H2/c1-9(2)19-7-10(3)13(8-19)18-15(20)14-16-6-12(17-14)11-4-5-11;;/h6,9-11,13H,4-5,7-8H2,1-3H3,(H,16,17)(H,18,20);2*1H/t10-,13-;;/m1../s1. The number of nitrogens with one attached hydrogen (secondary N) is 2. The van der Waals surface area contributed by atoms with Gasteiger partial charge in [-0.05, 0) is 32.6 Å². The van der Waals surface area contributed by atoms with Gasteiger partial charge in [-0.3, -0.25) is 9.69 Å². The summed E-state index contributed by atoms with van der Waals surface area (Å²) in [6, 6.07) is 0.754. The van der Waals surface area contributed by atoms with Crippen molar-refractivity contribution < 1.29 is 7.65 Å². The van der Waals surface area contributed by atoms with Crippen molar-refractivity contribution in [1.82, 2.24) is 20.2 Å². The molecule has 0 spiro atoms. The lowest BCUT2D eigenvalue weighted by Gasteiger charge is -2.20. The Bertz CT molecular complexity index is 501. The van der Waals surface area contributed by atoms with E-state index in [1.54, 1.807) is 0 Å². The summed E-state index contributed by atoms with van der Waals surface area (Å²) in [4.78, 5) is 22.0. The van der Waals surface area contributed by atoms with Crippen molar-refractivity contribution in [1.29, 1.82) is 0 Å². The number of likely N-dealkylation sites (tertiary alicyclic amines) is 1. The van der Waals surface area contributed by atoms with E-state index in [4.69, 9.17) is 0 Å². The number of amides is 1. The molecule has 114 valence electrons. The average molecular weight is 280 g/mol. The van der Waals surface area contributed by atoms with Crippen molar-refractivity contribution in [2.75, 3.05) is 13.1 Å². The second kappa shape index (κ2) is 5.20. The highest BCUT2D eigenvalue weighted by Gasteiger charge is 2.33. The molecule has 2 N–H and O–H groups in total. The molecule has 0 unspecified atom stereocenters. The highest BCUT2D eigenvalue weighted by molar-refractivity contribution is 5.90. The Balaban J connectivity index is 0.00000121. The lowest BCUT2D eigenvalue weighted by atomic mass is 10.1. The summed E-state index contributed by atoms with van der Waals surface area (Å²) in [5.41, 5.74) is 1.11. The van der Waals surface area contributed by atoms with Gasteiger partial charge in [-0.1, -0.05) is 6.92 Å². The van der Waals surface area contributed by atoms with Crippen LogP contribution in [0.2, 0.25) is 0 Å². The second-order valence-electron chi connectivity index (χ2n) is 6.57. The van der Waals surface area contributed by atoms with Gasteiger partial charge in [0.25, 0.3) is 5.91 Å². The minimum atomic E-state index is -0.0700. The van der Waals surface area contributed by atoms with Crippen molar-refractivity contribution in [3.63, 3.8) is 0 Å². The molecule has 3 rings (SSSR count). The zero-order chi connectivity index (χ0) is 14.3. The van der Waals surface area contributed by atoms with Crippen molar-refractivity contribution in [2.45, 2.75) is 51.6 Å². The molecular formula is C15H28N4O. The first kappa shape index (κ1) is 13.6. The van der Waals surface area contributed by atoms with E-state index in [1.165, 1.54) is 12.8 Å². The number of hydrogen-bond donors (Lipinski definition) is 2. The number of aromatic nitrogens is 2. The van der Waals surface area contributed by atoms with Crippen molar-refractivity contribution in [3.8, 4) is 0 Å². The van der Waals surface area contributed by atoms with Crippen LogP contribution < -0.4 is 5.32 Å². The Morgan fingerprint density at radius 1 is 1.50 bits per heavy atom. The van der Waals surface area contributed by atoms with E-state index in [9.17, 15) is 4.79 Å². The van der Waals surface area contributed by atoms with Crippen LogP contribution in [0, 0.1) is 5.92 Å². The summed E-state index contributed by atoms with van der Waals surface area (Å²) in [6.07, 6.45) is 4.24. The van der Waals surface area contributed by atoms with Gasteiger partial charge in [-0.25, -0.2) is 4.98 Å². The molecule has 1 saturated heterocycles. The Kier molecular flexibility index (Phi) is 3.54. The quantitative estimate of drug-likeness (QED) is 0.889. The van der Waals surface area contributed by atoms with Gasteiger partial charge in [0, 0.05) is 45.8 Å². The van der Waals surface area contributed by atoms with Gasteiger partial charge in [-0.15, -0.1) is 0 Å². The van der Waals surface area contributed by atoms with Crippen LogP contribution in [-0.2, 0) is 0 Å². The molecule has 2 fully saturated rings. The number of nitrogens with zero attached hydrogens (tertiary/aromatic N) is 2. The van der Waals surface area contributed by atoms with E-state index in [1.807, 2.05) is 6.20 Å². The third-order valence-electron chi connectivity index (χ3n) is 4.52. The molecule has 1 aromatic heterocycles. The first-order valence-electron chi connectivity index (χ1n) is 7.64. The van der Waals surface area contributed by atoms with E-state index in [-0.39, 0.29) is 14.8 Å². The lowest BCUT2D eigenvalue weighted by Crippen LogP contribution is -2.40. The normalized spacial score (nSPS) is 27.2. The van der Waals surface area contributed by atoms with Gasteiger partial charge in [0.05, 0.1) is 0 Å². The largest absolute Gasteiger partial charge is 0.345 e. The molecule has 1 aliphatic heterocycles. The Morgan fingerprint density at radius 2 is 2.25 bits per heavy atom. The molecule has 2 heterocycles. The predicted molar refractivity (Wildman–Crippen MR) is 81.9 cm³/mol. The molecule has 5 nitrogen and oxygen atoms in total. The average Bonchev–Trinajstić information content (AvgIpc) is 3.01. The minimum absolute atomic E-state index is 0. The van der Waals surface area contributed by atoms with E-state index in [0.29, 0.717) is 23.7 Å². The molecule has 20 heavy (non-hydrogen) atoms. The third kappa shape index (κ3) is 2.73. The topological polar surface area (TPSA) is 61.0 Å². The zero-order valence-electron chi connectivity index (χ0n) is 12.5. The maximum absolute atomic E-state index is 12.3. The maximum Gasteiger partial charge on any atom is 0.287 e.